The van der Waals surface area contributed by atoms with Gasteiger partial charge in [0, 0.05) is 22.2 Å². The lowest BCUT2D eigenvalue weighted by Crippen LogP contribution is -2.24. The van der Waals surface area contributed by atoms with Crippen LogP contribution in [0.2, 0.25) is 5.02 Å². The largest absolute Gasteiger partial charge is 0.465 e. The van der Waals surface area contributed by atoms with Gasteiger partial charge in [-0.25, -0.2) is 4.79 Å². The molecular weight excluding hydrogens is 344 g/mol. The standard InChI is InChI=1S/C17H15ClN4O3/c18-13-3-1-11(2-4-13)16(22-25-8-7-20-17(23)24)14-9-12-5-6-19-10-15(12)21-14/h1-6,9-10,20-21H,7-8H2,(H,23,24)/b22-16+. The topological polar surface area (TPSA) is 99.6 Å². The molecule has 3 N–H and O–H groups in total. The van der Waals surface area contributed by atoms with Gasteiger partial charge in [-0.3, -0.25) is 4.98 Å². The van der Waals surface area contributed by atoms with E-state index in [1.54, 1.807) is 24.5 Å². The molecule has 0 aliphatic rings. The molecule has 0 aliphatic carbocycles. The Morgan fingerprint density at radius 2 is 2.12 bits per heavy atom. The molecule has 0 spiro atoms. The smallest absolute Gasteiger partial charge is 0.404 e. The minimum Gasteiger partial charge on any atom is -0.465 e. The first kappa shape index (κ1) is 16.8. The molecule has 0 saturated heterocycles. The van der Waals surface area contributed by atoms with Crippen molar-refractivity contribution >= 4 is 34.3 Å². The summed E-state index contributed by atoms with van der Waals surface area (Å²) in [6.45, 7) is 0.258. The average molecular weight is 359 g/mol. The highest BCUT2D eigenvalue weighted by molar-refractivity contribution is 6.30. The molecule has 1 aromatic carbocycles. The molecule has 0 atom stereocenters. The summed E-state index contributed by atoms with van der Waals surface area (Å²) in [5.41, 5.74) is 3.04. The van der Waals surface area contributed by atoms with E-state index >= 15 is 0 Å². The number of hydrogen-bond acceptors (Lipinski definition) is 4. The second-order valence-electron chi connectivity index (χ2n) is 5.16. The van der Waals surface area contributed by atoms with E-state index in [2.05, 4.69) is 20.4 Å². The Hall–Kier alpha value is -3.06. The molecule has 128 valence electrons. The van der Waals surface area contributed by atoms with Crippen molar-refractivity contribution < 1.29 is 14.7 Å². The van der Waals surface area contributed by atoms with Gasteiger partial charge in [-0.05, 0) is 24.3 Å². The summed E-state index contributed by atoms with van der Waals surface area (Å²) in [6, 6.07) is 11.1. The van der Waals surface area contributed by atoms with Crippen molar-refractivity contribution in [2.24, 2.45) is 5.16 Å². The normalized spacial score (nSPS) is 11.5. The number of aromatic amines is 1. The summed E-state index contributed by atoms with van der Waals surface area (Å²) in [4.78, 5) is 23.1. The highest BCUT2D eigenvalue weighted by atomic mass is 35.5. The van der Waals surface area contributed by atoms with Gasteiger partial charge in [0.1, 0.15) is 12.3 Å². The van der Waals surface area contributed by atoms with Crippen LogP contribution in [-0.4, -0.2) is 40.0 Å². The van der Waals surface area contributed by atoms with Crippen LogP contribution in [0, 0.1) is 0 Å². The summed E-state index contributed by atoms with van der Waals surface area (Å²) < 4.78 is 0. The predicted molar refractivity (Wildman–Crippen MR) is 95.2 cm³/mol. The van der Waals surface area contributed by atoms with Crippen LogP contribution >= 0.6 is 11.6 Å². The fourth-order valence-electron chi connectivity index (χ4n) is 2.28. The molecular formula is C17H15ClN4O3. The minimum absolute atomic E-state index is 0.116. The summed E-state index contributed by atoms with van der Waals surface area (Å²) >= 11 is 5.95. The first-order chi connectivity index (χ1) is 12.1. The highest BCUT2D eigenvalue weighted by Crippen LogP contribution is 2.19. The van der Waals surface area contributed by atoms with Gasteiger partial charge in [-0.2, -0.15) is 0 Å². The third-order valence-electron chi connectivity index (χ3n) is 3.42. The molecule has 2 heterocycles. The lowest BCUT2D eigenvalue weighted by Gasteiger charge is -2.06. The third kappa shape index (κ3) is 4.27. The number of H-pyrrole nitrogens is 1. The predicted octanol–water partition coefficient (Wildman–Crippen LogP) is 3.25. The van der Waals surface area contributed by atoms with E-state index < -0.39 is 6.09 Å². The second kappa shape index (κ2) is 7.67. The van der Waals surface area contributed by atoms with Gasteiger partial charge in [0.2, 0.25) is 0 Å². The number of halogens is 1. The van der Waals surface area contributed by atoms with Gasteiger partial charge < -0.3 is 20.2 Å². The van der Waals surface area contributed by atoms with Crippen LogP contribution in [0.1, 0.15) is 11.3 Å². The molecule has 3 aromatic rings. The van der Waals surface area contributed by atoms with Gasteiger partial charge in [0.25, 0.3) is 0 Å². The number of rotatable bonds is 6. The Morgan fingerprint density at radius 1 is 1.32 bits per heavy atom. The number of fused-ring (bicyclic) bond motifs is 1. The number of nitrogens with one attached hydrogen (secondary N) is 2. The van der Waals surface area contributed by atoms with Crippen LogP contribution in [0.4, 0.5) is 4.79 Å². The second-order valence-corrected chi connectivity index (χ2v) is 5.59. The van der Waals surface area contributed by atoms with Gasteiger partial charge in [0.15, 0.2) is 0 Å². The first-order valence-corrected chi connectivity index (χ1v) is 7.87. The van der Waals surface area contributed by atoms with Gasteiger partial charge >= 0.3 is 6.09 Å². The van der Waals surface area contributed by atoms with E-state index in [0.29, 0.717) is 10.7 Å². The van der Waals surface area contributed by atoms with E-state index in [-0.39, 0.29) is 13.2 Å². The quantitative estimate of drug-likeness (QED) is 0.358. The number of oxime groups is 1. The van der Waals surface area contributed by atoms with Crippen molar-refractivity contribution in [2.45, 2.75) is 0 Å². The average Bonchev–Trinajstić information content (AvgIpc) is 3.02. The molecule has 7 nitrogen and oxygen atoms in total. The molecule has 8 heteroatoms. The number of hydrogen-bond donors (Lipinski definition) is 3. The maximum absolute atomic E-state index is 10.4. The number of carbonyl (C=O) groups is 1. The maximum atomic E-state index is 10.4. The number of benzene rings is 1. The molecule has 0 radical (unpaired) electrons. The van der Waals surface area contributed by atoms with Crippen LogP contribution in [-0.2, 0) is 4.84 Å². The number of carboxylic acid groups (broad SMARTS) is 1. The van der Waals surface area contributed by atoms with E-state index in [9.17, 15) is 4.79 Å². The summed E-state index contributed by atoms with van der Waals surface area (Å²) in [5.74, 6) is 0. The van der Waals surface area contributed by atoms with E-state index in [1.165, 1.54) is 0 Å². The van der Waals surface area contributed by atoms with Gasteiger partial charge in [0.05, 0.1) is 24.0 Å². The van der Waals surface area contributed by atoms with Crippen molar-refractivity contribution in [1.29, 1.82) is 0 Å². The summed E-state index contributed by atoms with van der Waals surface area (Å²) in [5, 5.41) is 16.6. The third-order valence-corrected chi connectivity index (χ3v) is 3.67. The Kier molecular flexibility index (Phi) is 5.15. The summed E-state index contributed by atoms with van der Waals surface area (Å²) in [6.07, 6.45) is 2.34. The van der Waals surface area contributed by atoms with Crippen molar-refractivity contribution in [3.05, 3.63) is 65.1 Å². The zero-order valence-electron chi connectivity index (χ0n) is 13.1. The van der Waals surface area contributed by atoms with Crippen molar-refractivity contribution in [2.75, 3.05) is 13.2 Å². The molecule has 0 bridgehead atoms. The lowest BCUT2D eigenvalue weighted by atomic mass is 10.1. The fourth-order valence-corrected chi connectivity index (χ4v) is 2.40. The van der Waals surface area contributed by atoms with Crippen LogP contribution in [0.5, 0.6) is 0 Å². The molecule has 2 aromatic heterocycles. The van der Waals surface area contributed by atoms with Crippen LogP contribution in [0.3, 0.4) is 0 Å². The van der Waals surface area contributed by atoms with Crippen LogP contribution in [0.25, 0.3) is 10.9 Å². The van der Waals surface area contributed by atoms with Crippen molar-refractivity contribution in [3.63, 3.8) is 0 Å². The fraction of sp³-hybridized carbons (Fsp3) is 0.118. The highest BCUT2D eigenvalue weighted by Gasteiger charge is 2.12. The Labute approximate surface area is 148 Å². The Morgan fingerprint density at radius 3 is 2.84 bits per heavy atom. The van der Waals surface area contributed by atoms with Crippen molar-refractivity contribution in [3.8, 4) is 0 Å². The van der Waals surface area contributed by atoms with E-state index in [1.807, 2.05) is 24.3 Å². The molecule has 0 aliphatic heterocycles. The minimum atomic E-state index is -1.10. The van der Waals surface area contributed by atoms with Crippen LogP contribution < -0.4 is 5.32 Å². The zero-order valence-corrected chi connectivity index (χ0v) is 13.8. The Bertz CT molecular complexity index is 873. The zero-order chi connectivity index (χ0) is 17.6. The van der Waals surface area contributed by atoms with E-state index in [0.717, 1.165) is 22.2 Å². The molecule has 3 rings (SSSR count). The first-order valence-electron chi connectivity index (χ1n) is 7.49. The molecule has 25 heavy (non-hydrogen) atoms. The maximum Gasteiger partial charge on any atom is 0.404 e. The van der Waals surface area contributed by atoms with E-state index in [4.69, 9.17) is 21.5 Å². The number of pyridine rings is 1. The molecule has 1 amide bonds. The number of nitrogens with zero attached hydrogens (tertiary/aromatic N) is 2. The van der Waals surface area contributed by atoms with Crippen molar-refractivity contribution in [1.82, 2.24) is 15.3 Å². The van der Waals surface area contributed by atoms with Crippen LogP contribution in [0.15, 0.2) is 53.9 Å². The van der Waals surface area contributed by atoms with Gasteiger partial charge in [-0.1, -0.05) is 28.9 Å². The number of amides is 1. The van der Waals surface area contributed by atoms with Gasteiger partial charge in [-0.15, -0.1) is 0 Å². The number of aromatic nitrogens is 2. The monoisotopic (exact) mass is 358 g/mol. The molecule has 0 saturated carbocycles. The Balaban J connectivity index is 1.88. The summed E-state index contributed by atoms with van der Waals surface area (Å²) in [7, 11) is 0. The molecule has 0 unspecified atom stereocenters. The SMILES string of the molecule is O=C(O)NCCO/N=C(\c1ccc(Cl)cc1)c1cc2ccncc2[nH]1. The molecule has 0 fully saturated rings. The lowest BCUT2D eigenvalue weighted by molar-refractivity contribution is 0.141.